The molecule has 0 aliphatic rings. The average Bonchev–Trinajstić information content (AvgIpc) is 2.87. The predicted octanol–water partition coefficient (Wildman–Crippen LogP) is 3.90. The lowest BCUT2D eigenvalue weighted by molar-refractivity contribution is 0.0927. The summed E-state index contributed by atoms with van der Waals surface area (Å²) in [7, 11) is 0. The fourth-order valence-corrected chi connectivity index (χ4v) is 2.60. The SMILES string of the molecule is Cc1ccc(C(=O)NCCSCc2ccc(Cl)cc2)o1. The number of furan rings is 1. The van der Waals surface area contributed by atoms with Crippen molar-refractivity contribution < 1.29 is 9.21 Å². The van der Waals surface area contributed by atoms with Crippen molar-refractivity contribution in [3.05, 3.63) is 58.5 Å². The Morgan fingerprint density at radius 2 is 2.00 bits per heavy atom. The third kappa shape index (κ3) is 4.62. The van der Waals surface area contributed by atoms with Crippen LogP contribution in [0.4, 0.5) is 0 Å². The first-order valence-electron chi connectivity index (χ1n) is 6.32. The molecule has 0 saturated heterocycles. The van der Waals surface area contributed by atoms with Crippen molar-refractivity contribution in [3.63, 3.8) is 0 Å². The number of benzene rings is 1. The predicted molar refractivity (Wildman–Crippen MR) is 83.4 cm³/mol. The summed E-state index contributed by atoms with van der Waals surface area (Å²) in [6.07, 6.45) is 0. The van der Waals surface area contributed by atoms with E-state index in [0.717, 1.165) is 22.3 Å². The van der Waals surface area contributed by atoms with Gasteiger partial charge in [0.15, 0.2) is 5.76 Å². The molecule has 1 aromatic heterocycles. The quantitative estimate of drug-likeness (QED) is 0.823. The molecule has 0 radical (unpaired) electrons. The fourth-order valence-electron chi connectivity index (χ4n) is 1.65. The third-order valence-electron chi connectivity index (χ3n) is 2.68. The van der Waals surface area contributed by atoms with Gasteiger partial charge >= 0.3 is 0 Å². The van der Waals surface area contributed by atoms with E-state index in [-0.39, 0.29) is 5.91 Å². The summed E-state index contributed by atoms with van der Waals surface area (Å²) >= 11 is 7.59. The van der Waals surface area contributed by atoms with Crippen molar-refractivity contribution in [1.29, 1.82) is 0 Å². The number of halogens is 1. The first kappa shape index (κ1) is 15.0. The Hall–Kier alpha value is -1.39. The maximum absolute atomic E-state index is 11.7. The van der Waals surface area contributed by atoms with E-state index in [0.29, 0.717) is 12.3 Å². The summed E-state index contributed by atoms with van der Waals surface area (Å²) in [5.41, 5.74) is 1.23. The minimum absolute atomic E-state index is 0.162. The van der Waals surface area contributed by atoms with Gasteiger partial charge in [-0.05, 0) is 36.8 Å². The average molecular weight is 310 g/mol. The number of aryl methyl sites for hydroxylation is 1. The van der Waals surface area contributed by atoms with E-state index in [9.17, 15) is 4.79 Å². The van der Waals surface area contributed by atoms with Gasteiger partial charge in [0.05, 0.1) is 0 Å². The highest BCUT2D eigenvalue weighted by Crippen LogP contribution is 2.15. The molecule has 0 spiro atoms. The van der Waals surface area contributed by atoms with Crippen molar-refractivity contribution in [1.82, 2.24) is 5.32 Å². The Balaban J connectivity index is 1.64. The van der Waals surface area contributed by atoms with Crippen LogP contribution in [0.25, 0.3) is 0 Å². The molecule has 3 nitrogen and oxygen atoms in total. The minimum Gasteiger partial charge on any atom is -0.456 e. The second-order valence-electron chi connectivity index (χ2n) is 4.35. The first-order valence-corrected chi connectivity index (χ1v) is 7.85. The molecule has 5 heteroatoms. The first-order chi connectivity index (χ1) is 9.65. The standard InChI is InChI=1S/C15H16ClNO2S/c1-11-2-7-14(19-11)15(18)17-8-9-20-10-12-3-5-13(16)6-4-12/h2-7H,8-10H2,1H3,(H,17,18). The molecule has 0 bridgehead atoms. The highest BCUT2D eigenvalue weighted by molar-refractivity contribution is 7.98. The van der Waals surface area contributed by atoms with Crippen LogP contribution in [-0.4, -0.2) is 18.2 Å². The van der Waals surface area contributed by atoms with Gasteiger partial charge in [-0.3, -0.25) is 4.79 Å². The van der Waals surface area contributed by atoms with Crippen LogP contribution in [0, 0.1) is 6.92 Å². The van der Waals surface area contributed by atoms with Crippen LogP contribution in [0.2, 0.25) is 5.02 Å². The number of carbonyl (C=O) groups excluding carboxylic acids is 1. The number of amides is 1. The van der Waals surface area contributed by atoms with E-state index in [1.165, 1.54) is 5.56 Å². The van der Waals surface area contributed by atoms with Crippen LogP contribution in [-0.2, 0) is 5.75 Å². The molecule has 2 aromatic rings. The Kier molecular flexibility index (Phi) is 5.56. The lowest BCUT2D eigenvalue weighted by Crippen LogP contribution is -2.25. The molecule has 2 rings (SSSR count). The number of rotatable bonds is 6. The van der Waals surface area contributed by atoms with Gasteiger partial charge in [0.25, 0.3) is 5.91 Å². The molecule has 0 atom stereocenters. The molecule has 0 aliphatic heterocycles. The Morgan fingerprint density at radius 1 is 1.25 bits per heavy atom. The molecule has 0 fully saturated rings. The maximum atomic E-state index is 11.7. The number of hydrogen-bond donors (Lipinski definition) is 1. The molecular formula is C15H16ClNO2S. The normalized spacial score (nSPS) is 10.5. The van der Waals surface area contributed by atoms with Crippen LogP contribution < -0.4 is 5.32 Å². The van der Waals surface area contributed by atoms with Gasteiger partial charge in [0, 0.05) is 23.1 Å². The van der Waals surface area contributed by atoms with E-state index < -0.39 is 0 Å². The van der Waals surface area contributed by atoms with Gasteiger partial charge < -0.3 is 9.73 Å². The van der Waals surface area contributed by atoms with Gasteiger partial charge in [-0.1, -0.05) is 23.7 Å². The van der Waals surface area contributed by atoms with E-state index in [1.54, 1.807) is 23.9 Å². The Labute approximate surface area is 127 Å². The van der Waals surface area contributed by atoms with Gasteiger partial charge in [-0.25, -0.2) is 0 Å². The molecule has 0 aliphatic carbocycles. The van der Waals surface area contributed by atoms with Crippen LogP contribution in [0.3, 0.4) is 0 Å². The maximum Gasteiger partial charge on any atom is 0.287 e. The summed E-state index contributed by atoms with van der Waals surface area (Å²) in [5, 5.41) is 3.58. The Morgan fingerprint density at radius 3 is 2.65 bits per heavy atom. The molecular weight excluding hydrogens is 294 g/mol. The second kappa shape index (κ2) is 7.41. The topological polar surface area (TPSA) is 42.2 Å². The zero-order chi connectivity index (χ0) is 14.4. The molecule has 1 N–H and O–H groups in total. The van der Waals surface area contributed by atoms with Crippen molar-refractivity contribution >= 4 is 29.3 Å². The molecule has 1 heterocycles. The van der Waals surface area contributed by atoms with Crippen LogP contribution >= 0.6 is 23.4 Å². The zero-order valence-corrected chi connectivity index (χ0v) is 12.8. The van der Waals surface area contributed by atoms with Crippen molar-refractivity contribution in [3.8, 4) is 0 Å². The van der Waals surface area contributed by atoms with Gasteiger partial charge in [-0.15, -0.1) is 0 Å². The smallest absolute Gasteiger partial charge is 0.287 e. The number of hydrogen-bond acceptors (Lipinski definition) is 3. The summed E-state index contributed by atoms with van der Waals surface area (Å²) < 4.78 is 5.25. The van der Waals surface area contributed by atoms with Crippen molar-refractivity contribution in [2.24, 2.45) is 0 Å². The number of thioether (sulfide) groups is 1. The molecule has 106 valence electrons. The number of nitrogens with one attached hydrogen (secondary N) is 1. The zero-order valence-electron chi connectivity index (χ0n) is 11.2. The molecule has 0 saturated carbocycles. The minimum atomic E-state index is -0.162. The Bertz CT molecular complexity index is 566. The summed E-state index contributed by atoms with van der Waals surface area (Å²) in [5.74, 6) is 2.71. The second-order valence-corrected chi connectivity index (χ2v) is 5.89. The van der Waals surface area contributed by atoms with Crippen molar-refractivity contribution in [2.45, 2.75) is 12.7 Å². The fraction of sp³-hybridized carbons (Fsp3) is 0.267. The highest BCUT2D eigenvalue weighted by atomic mass is 35.5. The van der Waals surface area contributed by atoms with Crippen LogP contribution in [0.5, 0.6) is 0 Å². The van der Waals surface area contributed by atoms with Crippen molar-refractivity contribution in [2.75, 3.05) is 12.3 Å². The van der Waals surface area contributed by atoms with E-state index in [2.05, 4.69) is 5.32 Å². The summed E-state index contributed by atoms with van der Waals surface area (Å²) in [6, 6.07) is 11.3. The van der Waals surface area contributed by atoms with E-state index in [1.807, 2.05) is 31.2 Å². The lowest BCUT2D eigenvalue weighted by atomic mass is 10.2. The van der Waals surface area contributed by atoms with Crippen LogP contribution in [0.1, 0.15) is 21.9 Å². The monoisotopic (exact) mass is 309 g/mol. The third-order valence-corrected chi connectivity index (χ3v) is 3.96. The van der Waals surface area contributed by atoms with Crippen LogP contribution in [0.15, 0.2) is 40.8 Å². The highest BCUT2D eigenvalue weighted by Gasteiger charge is 2.08. The van der Waals surface area contributed by atoms with E-state index in [4.69, 9.17) is 16.0 Å². The summed E-state index contributed by atoms with van der Waals surface area (Å²) in [4.78, 5) is 11.7. The van der Waals surface area contributed by atoms with Gasteiger partial charge in [0.1, 0.15) is 5.76 Å². The molecule has 20 heavy (non-hydrogen) atoms. The van der Waals surface area contributed by atoms with E-state index >= 15 is 0 Å². The molecule has 1 amide bonds. The lowest BCUT2D eigenvalue weighted by Gasteiger charge is -2.04. The van der Waals surface area contributed by atoms with Gasteiger partial charge in [0.2, 0.25) is 0 Å². The largest absolute Gasteiger partial charge is 0.456 e. The molecule has 1 aromatic carbocycles. The van der Waals surface area contributed by atoms with Gasteiger partial charge in [-0.2, -0.15) is 11.8 Å². The summed E-state index contributed by atoms with van der Waals surface area (Å²) in [6.45, 7) is 2.44. The molecule has 0 unspecified atom stereocenters. The number of carbonyl (C=O) groups is 1.